The van der Waals surface area contributed by atoms with Gasteiger partial charge in [-0.1, -0.05) is 43.3 Å². The van der Waals surface area contributed by atoms with Crippen molar-refractivity contribution in [2.24, 2.45) is 0 Å². The standard InChI is InChI=1S/C21H24O3/c1-3-8-18-14-19(17-9-6-5-7-10-17)15-20(16-22)21(18)24-13-12-23-11-4-2/h3,5-7,9-10,14-16H,1,4,8,11-13H2,2H3. The Bertz CT molecular complexity index is 662. The highest BCUT2D eigenvalue weighted by molar-refractivity contribution is 5.84. The molecule has 0 bridgehead atoms. The Labute approximate surface area is 143 Å². The van der Waals surface area contributed by atoms with Gasteiger partial charge in [-0.3, -0.25) is 4.79 Å². The molecule has 0 amide bonds. The molecule has 0 aliphatic rings. The summed E-state index contributed by atoms with van der Waals surface area (Å²) in [7, 11) is 0. The predicted octanol–water partition coefficient (Wildman–Crippen LogP) is 4.70. The van der Waals surface area contributed by atoms with Crippen LogP contribution >= 0.6 is 0 Å². The molecule has 0 N–H and O–H groups in total. The summed E-state index contributed by atoms with van der Waals surface area (Å²) in [6.45, 7) is 7.53. The lowest BCUT2D eigenvalue weighted by Crippen LogP contribution is -2.10. The summed E-state index contributed by atoms with van der Waals surface area (Å²) < 4.78 is 11.3. The van der Waals surface area contributed by atoms with E-state index < -0.39 is 0 Å². The molecule has 0 fully saturated rings. The molecule has 3 heteroatoms. The van der Waals surface area contributed by atoms with Crippen LogP contribution in [0.25, 0.3) is 11.1 Å². The number of hydrogen-bond donors (Lipinski definition) is 0. The van der Waals surface area contributed by atoms with Gasteiger partial charge < -0.3 is 9.47 Å². The van der Waals surface area contributed by atoms with Crippen molar-refractivity contribution in [2.75, 3.05) is 19.8 Å². The Kier molecular flexibility index (Phi) is 7.24. The van der Waals surface area contributed by atoms with Crippen molar-refractivity contribution in [3.8, 4) is 16.9 Å². The molecule has 0 atom stereocenters. The van der Waals surface area contributed by atoms with Crippen molar-refractivity contribution in [3.63, 3.8) is 0 Å². The summed E-state index contributed by atoms with van der Waals surface area (Å²) in [5.41, 5.74) is 3.60. The van der Waals surface area contributed by atoms with Gasteiger partial charge in [-0.15, -0.1) is 6.58 Å². The first-order valence-electron chi connectivity index (χ1n) is 8.29. The highest BCUT2D eigenvalue weighted by Gasteiger charge is 2.12. The highest BCUT2D eigenvalue weighted by Crippen LogP contribution is 2.31. The molecule has 3 nitrogen and oxygen atoms in total. The lowest BCUT2D eigenvalue weighted by Gasteiger charge is -2.15. The average Bonchev–Trinajstić information content (AvgIpc) is 2.63. The van der Waals surface area contributed by atoms with Crippen LogP contribution in [0.1, 0.15) is 29.3 Å². The molecule has 126 valence electrons. The van der Waals surface area contributed by atoms with Crippen molar-refractivity contribution in [1.29, 1.82) is 0 Å². The van der Waals surface area contributed by atoms with Crippen LogP contribution in [0.4, 0.5) is 0 Å². The van der Waals surface area contributed by atoms with E-state index in [2.05, 4.69) is 19.6 Å². The number of aldehydes is 1. The Hall–Kier alpha value is -2.39. The summed E-state index contributed by atoms with van der Waals surface area (Å²) in [5.74, 6) is 0.629. The van der Waals surface area contributed by atoms with Gasteiger partial charge in [-0.25, -0.2) is 0 Å². The number of allylic oxidation sites excluding steroid dienone is 1. The zero-order valence-electron chi connectivity index (χ0n) is 14.2. The number of hydrogen-bond acceptors (Lipinski definition) is 3. The largest absolute Gasteiger partial charge is 0.490 e. The fourth-order valence-corrected chi connectivity index (χ4v) is 2.53. The minimum Gasteiger partial charge on any atom is -0.490 e. The monoisotopic (exact) mass is 324 g/mol. The number of carbonyl (C=O) groups is 1. The van der Waals surface area contributed by atoms with E-state index in [0.29, 0.717) is 30.9 Å². The van der Waals surface area contributed by atoms with Gasteiger partial charge in [0.2, 0.25) is 0 Å². The van der Waals surface area contributed by atoms with Gasteiger partial charge in [0.15, 0.2) is 6.29 Å². The van der Waals surface area contributed by atoms with Gasteiger partial charge in [0, 0.05) is 6.61 Å². The number of carbonyl (C=O) groups excluding carboxylic acids is 1. The van der Waals surface area contributed by atoms with Gasteiger partial charge in [-0.05, 0) is 41.7 Å². The molecular weight excluding hydrogens is 300 g/mol. The first-order valence-corrected chi connectivity index (χ1v) is 8.29. The van der Waals surface area contributed by atoms with Crippen molar-refractivity contribution in [1.82, 2.24) is 0 Å². The van der Waals surface area contributed by atoms with Gasteiger partial charge >= 0.3 is 0 Å². The van der Waals surface area contributed by atoms with Gasteiger partial charge in [0.05, 0.1) is 12.2 Å². The number of ether oxygens (including phenoxy) is 2. The second-order valence-electron chi connectivity index (χ2n) is 5.49. The normalized spacial score (nSPS) is 10.4. The summed E-state index contributed by atoms with van der Waals surface area (Å²) in [5, 5.41) is 0. The molecule has 0 saturated carbocycles. The van der Waals surface area contributed by atoms with Crippen molar-refractivity contribution >= 4 is 6.29 Å². The molecule has 24 heavy (non-hydrogen) atoms. The highest BCUT2D eigenvalue weighted by atomic mass is 16.5. The van der Waals surface area contributed by atoms with Crippen molar-refractivity contribution in [2.45, 2.75) is 19.8 Å². The molecular formula is C21H24O3. The van der Waals surface area contributed by atoms with E-state index in [-0.39, 0.29) is 0 Å². The molecule has 0 unspecified atom stereocenters. The lowest BCUT2D eigenvalue weighted by atomic mass is 9.97. The van der Waals surface area contributed by atoms with Crippen LogP contribution in [0.5, 0.6) is 5.75 Å². The second kappa shape index (κ2) is 9.68. The Morgan fingerprint density at radius 1 is 1.04 bits per heavy atom. The van der Waals surface area contributed by atoms with E-state index in [9.17, 15) is 4.79 Å². The molecule has 0 aliphatic carbocycles. The lowest BCUT2D eigenvalue weighted by molar-refractivity contribution is 0.0989. The van der Waals surface area contributed by atoms with Crippen LogP contribution in [0, 0.1) is 0 Å². The first-order chi connectivity index (χ1) is 11.8. The first kappa shape index (κ1) is 18.0. The minimum atomic E-state index is 0.426. The third kappa shape index (κ3) is 4.80. The fourth-order valence-electron chi connectivity index (χ4n) is 2.53. The summed E-state index contributed by atoms with van der Waals surface area (Å²) in [4.78, 5) is 11.6. The molecule has 0 radical (unpaired) electrons. The fraction of sp³-hybridized carbons (Fsp3) is 0.286. The molecule has 0 aromatic heterocycles. The van der Waals surface area contributed by atoms with Crippen molar-refractivity contribution < 1.29 is 14.3 Å². The number of rotatable bonds is 10. The molecule has 0 heterocycles. The van der Waals surface area contributed by atoms with E-state index in [4.69, 9.17) is 9.47 Å². The molecule has 2 rings (SSSR count). The van der Waals surface area contributed by atoms with Crippen LogP contribution in [0.15, 0.2) is 55.1 Å². The van der Waals surface area contributed by atoms with Gasteiger partial charge in [-0.2, -0.15) is 0 Å². The van der Waals surface area contributed by atoms with Crippen molar-refractivity contribution in [3.05, 3.63) is 66.2 Å². The topological polar surface area (TPSA) is 35.5 Å². The molecule has 0 spiro atoms. The Morgan fingerprint density at radius 2 is 1.83 bits per heavy atom. The maximum absolute atomic E-state index is 11.6. The van der Waals surface area contributed by atoms with E-state index >= 15 is 0 Å². The maximum Gasteiger partial charge on any atom is 0.153 e. The van der Waals surface area contributed by atoms with Crippen LogP contribution in [-0.2, 0) is 11.2 Å². The molecule has 2 aromatic carbocycles. The zero-order valence-corrected chi connectivity index (χ0v) is 14.2. The van der Waals surface area contributed by atoms with Crippen LogP contribution in [0.2, 0.25) is 0 Å². The second-order valence-corrected chi connectivity index (χ2v) is 5.49. The maximum atomic E-state index is 11.6. The predicted molar refractivity (Wildman–Crippen MR) is 97.8 cm³/mol. The molecule has 0 aliphatic heterocycles. The minimum absolute atomic E-state index is 0.426. The van der Waals surface area contributed by atoms with E-state index in [1.54, 1.807) is 0 Å². The quantitative estimate of drug-likeness (QED) is 0.361. The van der Waals surface area contributed by atoms with Crippen LogP contribution < -0.4 is 4.74 Å². The van der Waals surface area contributed by atoms with Gasteiger partial charge in [0.1, 0.15) is 12.4 Å². The van der Waals surface area contributed by atoms with Gasteiger partial charge in [0.25, 0.3) is 0 Å². The SMILES string of the molecule is C=CCc1cc(-c2ccccc2)cc(C=O)c1OCCOCCC. The van der Waals surface area contributed by atoms with E-state index in [1.165, 1.54) is 0 Å². The average molecular weight is 324 g/mol. The third-order valence-corrected chi connectivity index (χ3v) is 3.62. The summed E-state index contributed by atoms with van der Waals surface area (Å²) in [6, 6.07) is 13.9. The Morgan fingerprint density at radius 3 is 2.50 bits per heavy atom. The third-order valence-electron chi connectivity index (χ3n) is 3.62. The summed E-state index contributed by atoms with van der Waals surface area (Å²) in [6.07, 6.45) is 4.29. The van der Waals surface area contributed by atoms with Crippen LogP contribution in [0.3, 0.4) is 0 Å². The Balaban J connectivity index is 2.28. The van der Waals surface area contributed by atoms with E-state index in [1.807, 2.05) is 42.5 Å². The van der Waals surface area contributed by atoms with Crippen LogP contribution in [-0.4, -0.2) is 26.1 Å². The zero-order chi connectivity index (χ0) is 17.2. The molecule has 0 saturated heterocycles. The molecule has 2 aromatic rings. The number of benzene rings is 2. The smallest absolute Gasteiger partial charge is 0.153 e. The van der Waals surface area contributed by atoms with E-state index in [0.717, 1.165) is 36.0 Å². The summed E-state index contributed by atoms with van der Waals surface area (Å²) >= 11 is 0.